The first-order chi connectivity index (χ1) is 11.1. The average Bonchev–Trinajstić information content (AvgIpc) is 2.74. The van der Waals surface area contributed by atoms with Gasteiger partial charge >= 0.3 is 6.18 Å². The fourth-order valence-corrected chi connectivity index (χ4v) is 2.37. The van der Waals surface area contributed by atoms with E-state index in [9.17, 15) is 22.8 Å². The van der Waals surface area contributed by atoms with E-state index in [1.165, 1.54) is 12.1 Å². The van der Waals surface area contributed by atoms with E-state index in [-0.39, 0.29) is 23.0 Å². The zero-order valence-corrected chi connectivity index (χ0v) is 12.2. The SMILES string of the molecule is CC1(C(F)(F)F)NC(=O)c2ccc(Nc3cc(N)ncn3)c(=O)n21. The van der Waals surface area contributed by atoms with Crippen molar-refractivity contribution in [2.75, 3.05) is 11.1 Å². The number of amides is 1. The number of hydrogen-bond acceptors (Lipinski definition) is 6. The molecule has 0 aliphatic carbocycles. The molecule has 1 amide bonds. The topological polar surface area (TPSA) is 115 Å². The van der Waals surface area contributed by atoms with Crippen molar-refractivity contribution in [3.05, 3.63) is 40.6 Å². The molecule has 0 saturated heterocycles. The quantitative estimate of drug-likeness (QED) is 0.750. The number of hydrogen-bond donors (Lipinski definition) is 3. The summed E-state index contributed by atoms with van der Waals surface area (Å²) in [6.45, 7) is 0.718. The van der Waals surface area contributed by atoms with Gasteiger partial charge in [-0.2, -0.15) is 13.2 Å². The van der Waals surface area contributed by atoms with Gasteiger partial charge < -0.3 is 16.4 Å². The molecule has 1 aliphatic rings. The van der Waals surface area contributed by atoms with Crippen LogP contribution in [0.15, 0.2) is 29.3 Å². The van der Waals surface area contributed by atoms with E-state index >= 15 is 0 Å². The van der Waals surface area contributed by atoms with Gasteiger partial charge in [0, 0.05) is 6.07 Å². The molecule has 0 aromatic carbocycles. The molecular formula is C13H11F3N6O2. The summed E-state index contributed by atoms with van der Waals surface area (Å²) < 4.78 is 40.4. The molecule has 8 nitrogen and oxygen atoms in total. The lowest BCUT2D eigenvalue weighted by atomic mass is 10.2. The number of nitrogens with two attached hydrogens (primary N) is 1. The summed E-state index contributed by atoms with van der Waals surface area (Å²) in [4.78, 5) is 31.7. The monoisotopic (exact) mass is 340 g/mol. The summed E-state index contributed by atoms with van der Waals surface area (Å²) in [6, 6.07) is 3.64. The molecule has 0 fully saturated rings. The second kappa shape index (κ2) is 4.94. The van der Waals surface area contributed by atoms with Crippen LogP contribution in [0.5, 0.6) is 0 Å². The molecule has 1 atom stereocenters. The second-order valence-electron chi connectivity index (χ2n) is 5.25. The van der Waals surface area contributed by atoms with Crippen molar-refractivity contribution in [1.82, 2.24) is 19.9 Å². The van der Waals surface area contributed by atoms with Crippen LogP contribution >= 0.6 is 0 Å². The molecule has 1 unspecified atom stereocenters. The summed E-state index contributed by atoms with van der Waals surface area (Å²) >= 11 is 0. The number of nitrogen functional groups attached to an aromatic ring is 1. The molecule has 3 heterocycles. The van der Waals surface area contributed by atoms with Crippen LogP contribution in [0.1, 0.15) is 17.4 Å². The normalized spacial score (nSPS) is 19.8. The van der Waals surface area contributed by atoms with Gasteiger partial charge in [-0.25, -0.2) is 9.97 Å². The molecule has 126 valence electrons. The lowest BCUT2D eigenvalue weighted by Crippen LogP contribution is -2.55. The standard InChI is InChI=1S/C13H11F3N6O2/c1-12(13(14,15)16)21-10(23)7-3-2-6(11(24)22(7)12)20-9-4-8(17)18-5-19-9/h2-5H,1H3,(H,21,23)(H3,17,18,19,20). The van der Waals surface area contributed by atoms with Gasteiger partial charge in [0.15, 0.2) is 0 Å². The van der Waals surface area contributed by atoms with Crippen molar-refractivity contribution in [2.45, 2.75) is 18.8 Å². The number of fused-ring (bicyclic) bond motifs is 1. The van der Waals surface area contributed by atoms with Crippen molar-refractivity contribution < 1.29 is 18.0 Å². The molecule has 24 heavy (non-hydrogen) atoms. The highest BCUT2D eigenvalue weighted by molar-refractivity contribution is 5.95. The molecule has 2 aromatic heterocycles. The zero-order chi connectivity index (χ0) is 17.7. The highest BCUT2D eigenvalue weighted by atomic mass is 19.4. The lowest BCUT2D eigenvalue weighted by Gasteiger charge is -2.29. The minimum absolute atomic E-state index is 0.116. The van der Waals surface area contributed by atoms with Crippen LogP contribution in [-0.4, -0.2) is 26.6 Å². The third-order valence-corrected chi connectivity index (χ3v) is 3.62. The molecule has 2 aromatic rings. The first-order valence-electron chi connectivity index (χ1n) is 6.64. The molecular weight excluding hydrogens is 329 g/mol. The van der Waals surface area contributed by atoms with Crippen molar-refractivity contribution in [3.63, 3.8) is 0 Å². The van der Waals surface area contributed by atoms with Gasteiger partial charge in [-0.3, -0.25) is 14.2 Å². The van der Waals surface area contributed by atoms with Gasteiger partial charge in [0.05, 0.1) is 0 Å². The van der Waals surface area contributed by atoms with Crippen LogP contribution in [0, 0.1) is 0 Å². The molecule has 0 spiro atoms. The second-order valence-corrected chi connectivity index (χ2v) is 5.25. The highest BCUT2D eigenvalue weighted by Crippen LogP contribution is 2.37. The van der Waals surface area contributed by atoms with Crippen molar-refractivity contribution in [3.8, 4) is 0 Å². The molecule has 0 saturated carbocycles. The number of rotatable bonds is 2. The number of pyridine rings is 1. The van der Waals surface area contributed by atoms with Crippen molar-refractivity contribution in [1.29, 1.82) is 0 Å². The van der Waals surface area contributed by atoms with Gasteiger partial charge in [-0.15, -0.1) is 0 Å². The molecule has 0 bridgehead atoms. The van der Waals surface area contributed by atoms with Gasteiger partial charge in [-0.1, -0.05) is 0 Å². The van der Waals surface area contributed by atoms with Crippen LogP contribution < -0.4 is 21.9 Å². The lowest BCUT2D eigenvalue weighted by molar-refractivity contribution is -0.213. The fraction of sp³-hybridized carbons (Fsp3) is 0.231. The summed E-state index contributed by atoms with van der Waals surface area (Å²) in [5.74, 6) is -0.735. The van der Waals surface area contributed by atoms with Crippen molar-refractivity contribution in [2.24, 2.45) is 0 Å². The average molecular weight is 340 g/mol. The number of carbonyl (C=O) groups excluding carboxylic acids is 1. The minimum atomic E-state index is -4.87. The Hall–Kier alpha value is -3.11. The number of alkyl halides is 3. The Bertz CT molecular complexity index is 894. The van der Waals surface area contributed by atoms with Crippen LogP contribution in [0.3, 0.4) is 0 Å². The van der Waals surface area contributed by atoms with E-state index in [1.807, 2.05) is 0 Å². The summed E-state index contributed by atoms with van der Waals surface area (Å²) in [6.07, 6.45) is -3.73. The summed E-state index contributed by atoms with van der Waals surface area (Å²) in [5, 5.41) is 4.38. The number of nitrogens with zero attached hydrogens (tertiary/aromatic N) is 3. The number of nitrogens with one attached hydrogen (secondary N) is 2. The summed E-state index contributed by atoms with van der Waals surface area (Å²) in [7, 11) is 0. The van der Waals surface area contributed by atoms with Crippen LogP contribution in [-0.2, 0) is 5.66 Å². The van der Waals surface area contributed by atoms with E-state index in [0.717, 1.165) is 19.3 Å². The minimum Gasteiger partial charge on any atom is -0.384 e. The highest BCUT2D eigenvalue weighted by Gasteiger charge is 2.59. The van der Waals surface area contributed by atoms with E-state index in [0.29, 0.717) is 4.57 Å². The van der Waals surface area contributed by atoms with E-state index < -0.39 is 23.3 Å². The van der Waals surface area contributed by atoms with E-state index in [1.54, 1.807) is 5.32 Å². The number of aromatic nitrogens is 3. The van der Waals surface area contributed by atoms with Crippen LogP contribution in [0.2, 0.25) is 0 Å². The number of halogens is 3. The summed E-state index contributed by atoms with van der Waals surface area (Å²) in [5.41, 5.74) is 1.05. The maximum atomic E-state index is 13.4. The Kier molecular flexibility index (Phi) is 3.25. The molecule has 3 rings (SSSR count). The first kappa shape index (κ1) is 15.8. The van der Waals surface area contributed by atoms with E-state index in [2.05, 4.69) is 15.3 Å². The third-order valence-electron chi connectivity index (χ3n) is 3.62. The van der Waals surface area contributed by atoms with Crippen molar-refractivity contribution >= 4 is 23.2 Å². The number of anilines is 3. The molecule has 11 heteroatoms. The Labute approximate surface area is 132 Å². The Morgan fingerprint density at radius 2 is 2.00 bits per heavy atom. The zero-order valence-electron chi connectivity index (χ0n) is 12.2. The molecule has 0 radical (unpaired) electrons. The maximum Gasteiger partial charge on any atom is 0.430 e. The maximum absolute atomic E-state index is 13.4. The first-order valence-corrected chi connectivity index (χ1v) is 6.64. The molecule has 1 aliphatic heterocycles. The smallest absolute Gasteiger partial charge is 0.384 e. The predicted octanol–water partition coefficient (Wildman–Crippen LogP) is 0.942. The Morgan fingerprint density at radius 1 is 1.29 bits per heavy atom. The fourth-order valence-electron chi connectivity index (χ4n) is 2.37. The number of carbonyl (C=O) groups is 1. The van der Waals surface area contributed by atoms with E-state index in [4.69, 9.17) is 5.73 Å². The molecule has 4 N–H and O–H groups in total. The Balaban J connectivity index is 2.13. The van der Waals surface area contributed by atoms with Crippen LogP contribution in [0.4, 0.5) is 30.5 Å². The largest absolute Gasteiger partial charge is 0.430 e. The van der Waals surface area contributed by atoms with Gasteiger partial charge in [0.1, 0.15) is 29.3 Å². The predicted molar refractivity (Wildman–Crippen MR) is 77.6 cm³/mol. The Morgan fingerprint density at radius 3 is 2.62 bits per heavy atom. The van der Waals surface area contributed by atoms with Crippen LogP contribution in [0.25, 0.3) is 0 Å². The van der Waals surface area contributed by atoms with Gasteiger partial charge in [0.2, 0.25) is 5.66 Å². The van der Waals surface area contributed by atoms with Gasteiger partial charge in [-0.05, 0) is 19.1 Å². The van der Waals surface area contributed by atoms with Gasteiger partial charge in [0.25, 0.3) is 11.5 Å². The third kappa shape index (κ3) is 2.25.